The maximum Gasteiger partial charge on any atom is 0.189 e. The molecular formula is C18H17BrO4. The van der Waals surface area contributed by atoms with Gasteiger partial charge in [-0.3, -0.25) is 4.79 Å². The molecule has 23 heavy (non-hydrogen) atoms. The molecule has 0 saturated heterocycles. The van der Waals surface area contributed by atoms with Crippen molar-refractivity contribution in [2.45, 2.75) is 0 Å². The number of carbonyl (C=O) groups is 1. The molecule has 0 aromatic heterocycles. The molecule has 0 amide bonds. The highest BCUT2D eigenvalue weighted by molar-refractivity contribution is 9.10. The summed E-state index contributed by atoms with van der Waals surface area (Å²) in [6.45, 7) is 0. The summed E-state index contributed by atoms with van der Waals surface area (Å²) in [5, 5.41) is 0. The highest BCUT2D eigenvalue weighted by Gasteiger charge is 2.11. The lowest BCUT2D eigenvalue weighted by atomic mass is 10.1. The molecule has 0 aliphatic heterocycles. The Balaban J connectivity index is 2.30. The van der Waals surface area contributed by atoms with Crippen LogP contribution in [0.2, 0.25) is 0 Å². The molecule has 4 nitrogen and oxygen atoms in total. The standard InChI is InChI=1S/C18H17BrO4/c1-21-14-6-7-15(18(11-14)23-3)16(20)8-4-12-10-13(19)5-9-17(12)22-2/h4-11H,1-3H3/b8-4+. The molecule has 0 atom stereocenters. The fourth-order valence-electron chi connectivity index (χ4n) is 2.09. The number of hydrogen-bond donors (Lipinski definition) is 0. The third kappa shape index (κ3) is 4.13. The van der Waals surface area contributed by atoms with Gasteiger partial charge >= 0.3 is 0 Å². The lowest BCUT2D eigenvalue weighted by Gasteiger charge is -2.08. The van der Waals surface area contributed by atoms with Gasteiger partial charge in [-0.1, -0.05) is 15.9 Å². The Morgan fingerprint density at radius 3 is 2.35 bits per heavy atom. The number of ether oxygens (including phenoxy) is 3. The Kier molecular flexibility index (Phi) is 5.82. The van der Waals surface area contributed by atoms with Crippen molar-refractivity contribution < 1.29 is 19.0 Å². The van der Waals surface area contributed by atoms with E-state index in [1.165, 1.54) is 13.2 Å². The third-order valence-electron chi connectivity index (χ3n) is 3.28. The van der Waals surface area contributed by atoms with Crippen molar-refractivity contribution in [3.63, 3.8) is 0 Å². The number of methoxy groups -OCH3 is 3. The minimum absolute atomic E-state index is 0.161. The zero-order valence-electron chi connectivity index (χ0n) is 13.1. The molecule has 0 fully saturated rings. The van der Waals surface area contributed by atoms with E-state index < -0.39 is 0 Å². The number of carbonyl (C=O) groups excluding carboxylic acids is 1. The van der Waals surface area contributed by atoms with E-state index in [-0.39, 0.29) is 5.78 Å². The Bertz CT molecular complexity index is 738. The predicted molar refractivity (Wildman–Crippen MR) is 93.6 cm³/mol. The van der Waals surface area contributed by atoms with Gasteiger partial charge in [-0.2, -0.15) is 0 Å². The van der Waals surface area contributed by atoms with Crippen LogP contribution in [0.1, 0.15) is 15.9 Å². The van der Waals surface area contributed by atoms with Crippen LogP contribution in [-0.2, 0) is 0 Å². The second-order valence-corrected chi connectivity index (χ2v) is 5.57. The first kappa shape index (κ1) is 17.1. The lowest BCUT2D eigenvalue weighted by molar-refractivity contribution is 0.104. The largest absolute Gasteiger partial charge is 0.497 e. The maximum absolute atomic E-state index is 12.4. The van der Waals surface area contributed by atoms with Crippen LogP contribution < -0.4 is 14.2 Å². The summed E-state index contributed by atoms with van der Waals surface area (Å²) in [5.41, 5.74) is 1.28. The Morgan fingerprint density at radius 1 is 0.957 bits per heavy atom. The first-order valence-corrected chi connectivity index (χ1v) is 7.66. The fraction of sp³-hybridized carbons (Fsp3) is 0.167. The number of allylic oxidation sites excluding steroid dienone is 1. The van der Waals surface area contributed by atoms with Crippen LogP contribution in [0.4, 0.5) is 0 Å². The van der Waals surface area contributed by atoms with Gasteiger partial charge in [-0.05, 0) is 42.5 Å². The van der Waals surface area contributed by atoms with Gasteiger partial charge in [-0.25, -0.2) is 0 Å². The van der Waals surface area contributed by atoms with E-state index in [1.54, 1.807) is 38.5 Å². The van der Waals surface area contributed by atoms with Gasteiger partial charge in [0.25, 0.3) is 0 Å². The van der Waals surface area contributed by atoms with E-state index in [9.17, 15) is 4.79 Å². The summed E-state index contributed by atoms with van der Waals surface area (Å²) >= 11 is 3.41. The smallest absolute Gasteiger partial charge is 0.189 e. The molecule has 5 heteroatoms. The molecule has 0 saturated carbocycles. The molecular weight excluding hydrogens is 360 g/mol. The van der Waals surface area contributed by atoms with Gasteiger partial charge in [0.15, 0.2) is 5.78 Å². The monoisotopic (exact) mass is 376 g/mol. The summed E-state index contributed by atoms with van der Waals surface area (Å²) in [6, 6.07) is 10.7. The second kappa shape index (κ2) is 7.83. The molecule has 0 unspecified atom stereocenters. The minimum Gasteiger partial charge on any atom is -0.497 e. The number of rotatable bonds is 6. The number of hydrogen-bond acceptors (Lipinski definition) is 4. The molecule has 0 radical (unpaired) electrons. The van der Waals surface area contributed by atoms with Crippen molar-refractivity contribution in [3.05, 3.63) is 58.1 Å². The first-order chi connectivity index (χ1) is 11.1. The summed E-state index contributed by atoms with van der Waals surface area (Å²) in [6.07, 6.45) is 3.21. The highest BCUT2D eigenvalue weighted by Crippen LogP contribution is 2.27. The molecule has 0 aliphatic carbocycles. The van der Waals surface area contributed by atoms with Crippen LogP contribution in [0.5, 0.6) is 17.2 Å². The van der Waals surface area contributed by atoms with Crippen molar-refractivity contribution in [1.29, 1.82) is 0 Å². The van der Waals surface area contributed by atoms with Crippen molar-refractivity contribution in [3.8, 4) is 17.2 Å². The molecule has 2 rings (SSSR count). The van der Waals surface area contributed by atoms with Gasteiger partial charge in [0.05, 0.1) is 26.9 Å². The molecule has 0 aliphatic rings. The quantitative estimate of drug-likeness (QED) is 0.554. The van der Waals surface area contributed by atoms with Crippen LogP contribution in [0.25, 0.3) is 6.08 Å². The predicted octanol–water partition coefficient (Wildman–Crippen LogP) is 4.37. The van der Waals surface area contributed by atoms with E-state index >= 15 is 0 Å². The number of ketones is 1. The van der Waals surface area contributed by atoms with Crippen LogP contribution in [-0.4, -0.2) is 27.1 Å². The van der Waals surface area contributed by atoms with Crippen molar-refractivity contribution in [2.24, 2.45) is 0 Å². The highest BCUT2D eigenvalue weighted by atomic mass is 79.9. The second-order valence-electron chi connectivity index (χ2n) is 4.65. The van der Waals surface area contributed by atoms with E-state index in [4.69, 9.17) is 14.2 Å². The average molecular weight is 377 g/mol. The van der Waals surface area contributed by atoms with E-state index in [1.807, 2.05) is 18.2 Å². The fourth-order valence-corrected chi connectivity index (χ4v) is 2.47. The molecule has 0 bridgehead atoms. The van der Waals surface area contributed by atoms with Crippen LogP contribution >= 0.6 is 15.9 Å². The van der Waals surface area contributed by atoms with Crippen LogP contribution in [0, 0.1) is 0 Å². The zero-order valence-corrected chi connectivity index (χ0v) is 14.7. The molecule has 0 N–H and O–H groups in total. The number of halogens is 1. The summed E-state index contributed by atoms with van der Waals surface area (Å²) in [7, 11) is 4.68. The normalized spacial score (nSPS) is 10.6. The summed E-state index contributed by atoms with van der Waals surface area (Å²) in [5.74, 6) is 1.64. The topological polar surface area (TPSA) is 44.8 Å². The molecule has 0 heterocycles. The van der Waals surface area contributed by atoms with E-state index in [0.29, 0.717) is 22.8 Å². The Hall–Kier alpha value is -2.27. The maximum atomic E-state index is 12.4. The van der Waals surface area contributed by atoms with Gasteiger partial charge in [0.1, 0.15) is 17.2 Å². The van der Waals surface area contributed by atoms with Gasteiger partial charge in [0.2, 0.25) is 0 Å². The van der Waals surface area contributed by atoms with Gasteiger partial charge < -0.3 is 14.2 Å². The van der Waals surface area contributed by atoms with Gasteiger partial charge in [-0.15, -0.1) is 0 Å². The molecule has 2 aromatic rings. The van der Waals surface area contributed by atoms with E-state index in [2.05, 4.69) is 15.9 Å². The van der Waals surface area contributed by atoms with Crippen molar-refractivity contribution >= 4 is 27.8 Å². The van der Waals surface area contributed by atoms with Crippen LogP contribution in [0.3, 0.4) is 0 Å². The molecule has 2 aromatic carbocycles. The SMILES string of the molecule is COc1ccc(C(=O)/C=C/c2cc(Br)ccc2OC)c(OC)c1. The van der Waals surface area contributed by atoms with Crippen molar-refractivity contribution in [1.82, 2.24) is 0 Å². The number of benzene rings is 2. The van der Waals surface area contributed by atoms with Crippen LogP contribution in [0.15, 0.2) is 46.9 Å². The minimum atomic E-state index is -0.161. The van der Waals surface area contributed by atoms with Crippen molar-refractivity contribution in [2.75, 3.05) is 21.3 Å². The Morgan fingerprint density at radius 2 is 1.70 bits per heavy atom. The third-order valence-corrected chi connectivity index (χ3v) is 3.77. The molecule has 0 spiro atoms. The average Bonchev–Trinajstić information content (AvgIpc) is 2.59. The summed E-state index contributed by atoms with van der Waals surface area (Å²) in [4.78, 5) is 12.4. The molecule has 120 valence electrons. The first-order valence-electron chi connectivity index (χ1n) is 6.87. The zero-order chi connectivity index (χ0) is 16.8. The Labute approximate surface area is 143 Å². The van der Waals surface area contributed by atoms with E-state index in [0.717, 1.165) is 10.0 Å². The lowest BCUT2D eigenvalue weighted by Crippen LogP contribution is -1.99. The van der Waals surface area contributed by atoms with Gasteiger partial charge in [0, 0.05) is 16.1 Å². The summed E-state index contributed by atoms with van der Waals surface area (Å²) < 4.78 is 16.6.